The zero-order chi connectivity index (χ0) is 20.1. The van der Waals surface area contributed by atoms with Crippen LogP contribution in [-0.2, 0) is 0 Å². The Bertz CT molecular complexity index is 1010. The molecule has 0 unspecified atom stereocenters. The molecule has 2 N–H and O–H groups in total. The number of nitrogens with zero attached hydrogens (tertiary/aromatic N) is 3. The molecule has 144 valence electrons. The van der Waals surface area contributed by atoms with Crippen molar-refractivity contribution >= 4 is 28.2 Å². The van der Waals surface area contributed by atoms with E-state index in [1.165, 1.54) is 6.07 Å². The molecule has 1 amide bonds. The molecule has 0 radical (unpaired) electrons. The number of aromatic hydroxyl groups is 2. The lowest BCUT2D eigenvalue weighted by molar-refractivity contribution is 0.209. The van der Waals surface area contributed by atoms with Gasteiger partial charge in [-0.2, -0.15) is 0 Å². The van der Waals surface area contributed by atoms with Gasteiger partial charge in [0.1, 0.15) is 17.2 Å². The van der Waals surface area contributed by atoms with E-state index in [0.717, 1.165) is 18.8 Å². The summed E-state index contributed by atoms with van der Waals surface area (Å²) in [6.07, 6.45) is -0.928. The monoisotopic (exact) mass is 379 g/mol. The standard InChI is InChI=1S/C21H21N3O4/c1-3-24(4-2)14-9-11-15(12-10-14)28-21(27)23-22-18-13-19(25)16-7-5-6-8-17(16)20(18)26/h5-13,25-26H,3-4H2,1-2H3. The second kappa shape index (κ2) is 8.39. The van der Waals surface area contributed by atoms with Gasteiger partial charge in [-0.05, 0) is 38.1 Å². The summed E-state index contributed by atoms with van der Waals surface area (Å²) in [4.78, 5) is 14.1. The summed E-state index contributed by atoms with van der Waals surface area (Å²) in [6, 6.07) is 15.1. The van der Waals surface area contributed by atoms with Gasteiger partial charge in [0.15, 0.2) is 5.75 Å². The Balaban J connectivity index is 1.74. The van der Waals surface area contributed by atoms with Crippen molar-refractivity contribution in [3.63, 3.8) is 0 Å². The predicted octanol–water partition coefficient (Wildman–Crippen LogP) is 5.38. The second-order valence-electron chi connectivity index (χ2n) is 6.04. The van der Waals surface area contributed by atoms with Crippen molar-refractivity contribution in [3.05, 3.63) is 54.6 Å². The fraction of sp³-hybridized carbons (Fsp3) is 0.190. The molecule has 7 heteroatoms. The highest BCUT2D eigenvalue weighted by molar-refractivity contribution is 5.96. The normalized spacial score (nSPS) is 11.1. The number of amides is 1. The molecule has 7 nitrogen and oxygen atoms in total. The molecule has 0 bridgehead atoms. The Morgan fingerprint density at radius 1 is 1.00 bits per heavy atom. The predicted molar refractivity (Wildman–Crippen MR) is 108 cm³/mol. The summed E-state index contributed by atoms with van der Waals surface area (Å²) < 4.78 is 5.13. The van der Waals surface area contributed by atoms with E-state index in [0.29, 0.717) is 16.5 Å². The molecule has 0 aliphatic heterocycles. The highest BCUT2D eigenvalue weighted by Crippen LogP contribution is 2.40. The Morgan fingerprint density at radius 3 is 2.29 bits per heavy atom. The van der Waals surface area contributed by atoms with E-state index < -0.39 is 6.09 Å². The van der Waals surface area contributed by atoms with Gasteiger partial charge in [-0.1, -0.05) is 29.4 Å². The Morgan fingerprint density at radius 2 is 1.64 bits per heavy atom. The van der Waals surface area contributed by atoms with Gasteiger partial charge in [-0.25, -0.2) is 4.79 Å². The maximum atomic E-state index is 11.9. The minimum absolute atomic E-state index is 0.0231. The summed E-state index contributed by atoms with van der Waals surface area (Å²) in [5, 5.41) is 28.4. The van der Waals surface area contributed by atoms with Crippen LogP contribution in [0.5, 0.6) is 17.2 Å². The first kappa shape index (κ1) is 19.2. The van der Waals surface area contributed by atoms with Crippen LogP contribution in [0.4, 0.5) is 16.2 Å². The van der Waals surface area contributed by atoms with Gasteiger partial charge in [0, 0.05) is 35.6 Å². The van der Waals surface area contributed by atoms with Crippen molar-refractivity contribution in [2.75, 3.05) is 18.0 Å². The van der Waals surface area contributed by atoms with Gasteiger partial charge in [-0.3, -0.25) is 0 Å². The fourth-order valence-corrected chi connectivity index (χ4v) is 2.93. The average molecular weight is 379 g/mol. The van der Waals surface area contributed by atoms with Crippen LogP contribution in [0.3, 0.4) is 0 Å². The summed E-state index contributed by atoms with van der Waals surface area (Å²) in [7, 11) is 0. The van der Waals surface area contributed by atoms with Crippen molar-refractivity contribution in [1.82, 2.24) is 0 Å². The highest BCUT2D eigenvalue weighted by atomic mass is 16.5. The van der Waals surface area contributed by atoms with E-state index in [4.69, 9.17) is 4.74 Å². The van der Waals surface area contributed by atoms with Gasteiger partial charge < -0.3 is 19.8 Å². The molecule has 0 aromatic heterocycles. The number of phenolic OH excluding ortho intramolecular Hbond substituents is 2. The van der Waals surface area contributed by atoms with Crippen molar-refractivity contribution < 1.29 is 19.7 Å². The third-order valence-electron chi connectivity index (χ3n) is 4.38. The molecule has 3 rings (SSSR count). The third kappa shape index (κ3) is 4.03. The number of ether oxygens (including phenoxy) is 1. The lowest BCUT2D eigenvalue weighted by Gasteiger charge is -2.20. The number of hydrogen-bond donors (Lipinski definition) is 2. The maximum absolute atomic E-state index is 11.9. The average Bonchev–Trinajstić information content (AvgIpc) is 2.72. The first-order valence-electron chi connectivity index (χ1n) is 8.95. The van der Waals surface area contributed by atoms with Crippen LogP contribution < -0.4 is 9.64 Å². The second-order valence-corrected chi connectivity index (χ2v) is 6.04. The number of rotatable bonds is 5. The molecular formula is C21H21N3O4. The number of fused-ring (bicyclic) bond motifs is 1. The largest absolute Gasteiger partial charge is 0.507 e. The number of carbonyl (C=O) groups is 1. The van der Waals surface area contributed by atoms with Crippen LogP contribution >= 0.6 is 0 Å². The van der Waals surface area contributed by atoms with Crippen molar-refractivity contribution in [3.8, 4) is 17.2 Å². The minimum atomic E-state index is -0.928. The maximum Gasteiger partial charge on any atom is 0.457 e. The van der Waals surface area contributed by atoms with Crippen LogP contribution in [0.1, 0.15) is 13.8 Å². The lowest BCUT2D eigenvalue weighted by atomic mass is 10.1. The van der Waals surface area contributed by atoms with Gasteiger partial charge in [0.25, 0.3) is 0 Å². The molecule has 0 heterocycles. The molecule has 0 atom stereocenters. The van der Waals surface area contributed by atoms with Crippen LogP contribution in [0.2, 0.25) is 0 Å². The van der Waals surface area contributed by atoms with E-state index >= 15 is 0 Å². The molecule has 0 saturated heterocycles. The summed E-state index contributed by atoms with van der Waals surface area (Å²) in [6.45, 7) is 5.90. The third-order valence-corrected chi connectivity index (χ3v) is 4.38. The number of anilines is 1. The number of hydrogen-bond acceptors (Lipinski definition) is 6. The van der Waals surface area contributed by atoms with Crippen molar-refractivity contribution in [2.45, 2.75) is 13.8 Å². The zero-order valence-electron chi connectivity index (χ0n) is 15.7. The molecule has 0 aliphatic carbocycles. The van der Waals surface area contributed by atoms with E-state index in [9.17, 15) is 15.0 Å². The zero-order valence-corrected chi connectivity index (χ0v) is 15.7. The van der Waals surface area contributed by atoms with Crippen LogP contribution in [0, 0.1) is 0 Å². The van der Waals surface area contributed by atoms with E-state index in [-0.39, 0.29) is 17.2 Å². The van der Waals surface area contributed by atoms with Crippen molar-refractivity contribution in [1.29, 1.82) is 0 Å². The van der Waals surface area contributed by atoms with Gasteiger partial charge in [0.2, 0.25) is 0 Å². The molecule has 3 aromatic carbocycles. The SMILES string of the molecule is CCN(CC)c1ccc(OC(=O)N=Nc2cc(O)c3ccccc3c2O)cc1. The quantitative estimate of drug-likeness (QED) is 0.458. The number of azo groups is 1. The van der Waals surface area contributed by atoms with E-state index in [1.54, 1.807) is 36.4 Å². The van der Waals surface area contributed by atoms with E-state index in [2.05, 4.69) is 29.0 Å². The first-order valence-corrected chi connectivity index (χ1v) is 8.95. The molecule has 0 aliphatic rings. The number of phenols is 2. The molecule has 0 saturated carbocycles. The summed E-state index contributed by atoms with van der Waals surface area (Å²) in [5.74, 6) is 0.0988. The Hall–Kier alpha value is -3.61. The van der Waals surface area contributed by atoms with Gasteiger partial charge in [-0.15, -0.1) is 5.11 Å². The number of carbonyl (C=O) groups excluding carboxylic acids is 1. The fourth-order valence-electron chi connectivity index (χ4n) is 2.93. The van der Waals surface area contributed by atoms with Gasteiger partial charge >= 0.3 is 6.09 Å². The van der Waals surface area contributed by atoms with Crippen LogP contribution in [0.15, 0.2) is 64.8 Å². The molecule has 28 heavy (non-hydrogen) atoms. The Kier molecular flexibility index (Phi) is 5.74. The molecule has 0 fully saturated rings. The van der Waals surface area contributed by atoms with Gasteiger partial charge in [0.05, 0.1) is 0 Å². The molecule has 3 aromatic rings. The Labute approximate surface area is 162 Å². The first-order chi connectivity index (χ1) is 13.5. The van der Waals surface area contributed by atoms with Crippen LogP contribution in [0.25, 0.3) is 10.8 Å². The topological polar surface area (TPSA) is 94.7 Å². The van der Waals surface area contributed by atoms with Crippen LogP contribution in [-0.4, -0.2) is 29.4 Å². The summed E-state index contributed by atoms with van der Waals surface area (Å²) in [5.41, 5.74) is 1.01. The highest BCUT2D eigenvalue weighted by Gasteiger charge is 2.11. The number of benzene rings is 3. The lowest BCUT2D eigenvalue weighted by Crippen LogP contribution is -2.21. The molecule has 0 spiro atoms. The molecular weight excluding hydrogens is 358 g/mol. The minimum Gasteiger partial charge on any atom is -0.507 e. The van der Waals surface area contributed by atoms with Crippen molar-refractivity contribution in [2.24, 2.45) is 10.2 Å². The summed E-state index contributed by atoms with van der Waals surface area (Å²) >= 11 is 0. The smallest absolute Gasteiger partial charge is 0.457 e. The van der Waals surface area contributed by atoms with E-state index in [1.807, 2.05) is 12.1 Å².